The fraction of sp³-hybridized carbons (Fsp3) is 0.227. The summed E-state index contributed by atoms with van der Waals surface area (Å²) in [6, 6.07) is 12.5. The SMILES string of the molecule is CC[C@@H](C)Oc1ccc(/C=C2\C(=O)NC(=S)N(c3ccccc3C)C2=O)cc1Cl. The van der Waals surface area contributed by atoms with Gasteiger partial charge in [0.25, 0.3) is 11.8 Å². The Morgan fingerprint density at radius 3 is 2.62 bits per heavy atom. The third kappa shape index (κ3) is 4.49. The molecule has 2 amide bonds. The van der Waals surface area contributed by atoms with Crippen molar-refractivity contribution >= 4 is 52.5 Å². The minimum absolute atomic E-state index is 0.0199. The van der Waals surface area contributed by atoms with Crippen molar-refractivity contribution in [2.75, 3.05) is 4.90 Å². The molecule has 0 spiro atoms. The van der Waals surface area contributed by atoms with Crippen LogP contribution in [0.15, 0.2) is 48.0 Å². The predicted octanol–water partition coefficient (Wildman–Crippen LogP) is 4.66. The molecule has 0 radical (unpaired) electrons. The number of thiocarbonyl (C=S) groups is 1. The number of amides is 2. The molecule has 1 aliphatic rings. The second kappa shape index (κ2) is 8.76. The highest BCUT2D eigenvalue weighted by molar-refractivity contribution is 7.80. The van der Waals surface area contributed by atoms with E-state index in [-0.39, 0.29) is 16.8 Å². The summed E-state index contributed by atoms with van der Waals surface area (Å²) in [4.78, 5) is 26.9. The number of aryl methyl sites for hydroxylation is 1. The van der Waals surface area contributed by atoms with Crippen LogP contribution in [0, 0.1) is 6.92 Å². The van der Waals surface area contributed by atoms with E-state index in [1.54, 1.807) is 24.3 Å². The highest BCUT2D eigenvalue weighted by Gasteiger charge is 2.35. The molecule has 0 unspecified atom stereocenters. The lowest BCUT2D eigenvalue weighted by atomic mass is 10.1. The molecule has 2 aromatic carbocycles. The summed E-state index contributed by atoms with van der Waals surface area (Å²) in [5.74, 6) is -0.463. The van der Waals surface area contributed by atoms with Gasteiger partial charge in [-0.15, -0.1) is 0 Å². The Labute approximate surface area is 180 Å². The molecule has 0 bridgehead atoms. The summed E-state index contributed by atoms with van der Waals surface area (Å²) in [5.41, 5.74) is 2.09. The summed E-state index contributed by atoms with van der Waals surface area (Å²) < 4.78 is 5.76. The van der Waals surface area contributed by atoms with Crippen molar-refractivity contribution < 1.29 is 14.3 Å². The minimum atomic E-state index is -0.541. The normalized spacial score (nSPS) is 16.8. The van der Waals surface area contributed by atoms with Crippen LogP contribution in [0.2, 0.25) is 5.02 Å². The molecule has 1 heterocycles. The molecule has 0 saturated carbocycles. The molecule has 29 heavy (non-hydrogen) atoms. The Morgan fingerprint density at radius 1 is 1.24 bits per heavy atom. The minimum Gasteiger partial charge on any atom is -0.489 e. The van der Waals surface area contributed by atoms with Crippen LogP contribution in [0.25, 0.3) is 6.08 Å². The Hall–Kier alpha value is -2.70. The molecule has 150 valence electrons. The van der Waals surface area contributed by atoms with Crippen molar-refractivity contribution in [2.45, 2.75) is 33.3 Å². The first-order chi connectivity index (χ1) is 13.8. The molecular formula is C22H21ClN2O3S. The van der Waals surface area contributed by atoms with Crippen LogP contribution >= 0.6 is 23.8 Å². The second-order valence-corrected chi connectivity index (χ2v) is 7.56. The van der Waals surface area contributed by atoms with Gasteiger partial charge < -0.3 is 4.74 Å². The molecule has 1 fully saturated rings. The van der Waals surface area contributed by atoms with E-state index >= 15 is 0 Å². The molecule has 1 saturated heterocycles. The van der Waals surface area contributed by atoms with Crippen LogP contribution < -0.4 is 15.0 Å². The first-order valence-corrected chi connectivity index (χ1v) is 10.0. The van der Waals surface area contributed by atoms with Crippen molar-refractivity contribution in [3.05, 3.63) is 64.2 Å². The number of hydrogen-bond donors (Lipinski definition) is 1. The molecule has 5 nitrogen and oxygen atoms in total. The van der Waals surface area contributed by atoms with Gasteiger partial charge in [0.2, 0.25) is 0 Å². The summed E-state index contributed by atoms with van der Waals surface area (Å²) in [6.07, 6.45) is 2.39. The van der Waals surface area contributed by atoms with E-state index in [2.05, 4.69) is 5.32 Å². The van der Waals surface area contributed by atoms with Gasteiger partial charge in [-0.05, 0) is 67.9 Å². The number of anilines is 1. The topological polar surface area (TPSA) is 58.6 Å². The number of para-hydroxylation sites is 1. The van der Waals surface area contributed by atoms with Gasteiger partial charge in [0, 0.05) is 0 Å². The number of carbonyl (C=O) groups is 2. The molecule has 1 aliphatic heterocycles. The van der Waals surface area contributed by atoms with Crippen LogP contribution in [0.4, 0.5) is 5.69 Å². The summed E-state index contributed by atoms with van der Waals surface area (Å²) in [7, 11) is 0. The molecule has 1 N–H and O–H groups in total. The lowest BCUT2D eigenvalue weighted by Gasteiger charge is -2.30. The van der Waals surface area contributed by atoms with E-state index in [4.69, 9.17) is 28.6 Å². The van der Waals surface area contributed by atoms with Crippen molar-refractivity contribution in [3.8, 4) is 5.75 Å². The average molecular weight is 429 g/mol. The van der Waals surface area contributed by atoms with Gasteiger partial charge in [-0.3, -0.25) is 19.8 Å². The molecule has 7 heteroatoms. The van der Waals surface area contributed by atoms with Gasteiger partial charge in [-0.1, -0.05) is 42.8 Å². The Morgan fingerprint density at radius 2 is 1.97 bits per heavy atom. The summed E-state index contributed by atoms with van der Waals surface area (Å²) >= 11 is 11.6. The van der Waals surface area contributed by atoms with Gasteiger partial charge in [-0.2, -0.15) is 0 Å². The number of hydrogen-bond acceptors (Lipinski definition) is 4. The molecular weight excluding hydrogens is 408 g/mol. The van der Waals surface area contributed by atoms with Gasteiger partial charge in [0.15, 0.2) is 5.11 Å². The van der Waals surface area contributed by atoms with Crippen LogP contribution in [0.3, 0.4) is 0 Å². The first-order valence-electron chi connectivity index (χ1n) is 9.25. The highest BCUT2D eigenvalue weighted by atomic mass is 35.5. The standard InChI is InChI=1S/C22H21ClN2O3S/c1-4-14(3)28-19-10-9-15(12-17(19)23)11-16-20(26)24-22(29)25(21(16)27)18-8-6-5-7-13(18)2/h5-12,14H,4H2,1-3H3,(H,24,26,29)/b16-11+/t14-/m1/s1. The van der Waals surface area contributed by atoms with E-state index in [0.29, 0.717) is 22.0 Å². The fourth-order valence-electron chi connectivity index (χ4n) is 2.86. The van der Waals surface area contributed by atoms with Crippen LogP contribution in [-0.2, 0) is 9.59 Å². The van der Waals surface area contributed by atoms with E-state index in [1.165, 1.54) is 11.0 Å². The fourth-order valence-corrected chi connectivity index (χ4v) is 3.37. The first kappa shape index (κ1) is 21.0. The monoisotopic (exact) mass is 428 g/mol. The van der Waals surface area contributed by atoms with Crippen LogP contribution in [0.5, 0.6) is 5.75 Å². The van der Waals surface area contributed by atoms with E-state index < -0.39 is 11.8 Å². The van der Waals surface area contributed by atoms with Gasteiger partial charge >= 0.3 is 0 Å². The zero-order valence-electron chi connectivity index (χ0n) is 16.4. The summed E-state index contributed by atoms with van der Waals surface area (Å²) in [5, 5.41) is 3.06. The summed E-state index contributed by atoms with van der Waals surface area (Å²) in [6.45, 7) is 5.86. The maximum Gasteiger partial charge on any atom is 0.270 e. The Kier molecular flexibility index (Phi) is 6.35. The van der Waals surface area contributed by atoms with Crippen molar-refractivity contribution in [1.82, 2.24) is 5.32 Å². The van der Waals surface area contributed by atoms with Gasteiger partial charge in [0.05, 0.1) is 16.8 Å². The molecule has 1 atom stereocenters. The number of nitrogens with zero attached hydrogens (tertiary/aromatic N) is 1. The van der Waals surface area contributed by atoms with Crippen LogP contribution in [-0.4, -0.2) is 23.0 Å². The largest absolute Gasteiger partial charge is 0.489 e. The van der Waals surface area contributed by atoms with E-state index in [0.717, 1.165) is 12.0 Å². The second-order valence-electron chi connectivity index (χ2n) is 6.77. The smallest absolute Gasteiger partial charge is 0.270 e. The van der Waals surface area contributed by atoms with E-state index in [9.17, 15) is 9.59 Å². The third-order valence-corrected chi connectivity index (χ3v) is 5.21. The van der Waals surface area contributed by atoms with Crippen molar-refractivity contribution in [2.24, 2.45) is 0 Å². The Balaban J connectivity index is 1.95. The maximum atomic E-state index is 13.1. The molecule has 3 rings (SSSR count). The molecule has 2 aromatic rings. The van der Waals surface area contributed by atoms with E-state index in [1.807, 2.05) is 39.0 Å². The number of benzene rings is 2. The number of nitrogens with one attached hydrogen (secondary N) is 1. The predicted molar refractivity (Wildman–Crippen MR) is 119 cm³/mol. The van der Waals surface area contributed by atoms with Crippen molar-refractivity contribution in [1.29, 1.82) is 0 Å². The lowest BCUT2D eigenvalue weighted by molar-refractivity contribution is -0.122. The molecule has 0 aromatic heterocycles. The zero-order chi connectivity index (χ0) is 21.1. The average Bonchev–Trinajstić information content (AvgIpc) is 2.68. The number of carbonyl (C=O) groups excluding carboxylic acids is 2. The third-order valence-electron chi connectivity index (χ3n) is 4.63. The Bertz CT molecular complexity index is 1020. The zero-order valence-corrected chi connectivity index (χ0v) is 17.9. The lowest BCUT2D eigenvalue weighted by Crippen LogP contribution is -2.54. The molecule has 0 aliphatic carbocycles. The van der Waals surface area contributed by atoms with Gasteiger partial charge in [0.1, 0.15) is 11.3 Å². The highest BCUT2D eigenvalue weighted by Crippen LogP contribution is 2.29. The van der Waals surface area contributed by atoms with Crippen molar-refractivity contribution in [3.63, 3.8) is 0 Å². The number of halogens is 1. The van der Waals surface area contributed by atoms with Gasteiger partial charge in [-0.25, -0.2) is 0 Å². The van der Waals surface area contributed by atoms with Crippen LogP contribution in [0.1, 0.15) is 31.4 Å². The maximum absolute atomic E-state index is 13.1. The number of ether oxygens (including phenoxy) is 1. The quantitative estimate of drug-likeness (QED) is 0.427. The number of rotatable bonds is 5.